The van der Waals surface area contributed by atoms with Crippen LogP contribution in [0.5, 0.6) is 0 Å². The first kappa shape index (κ1) is 33.2. The van der Waals surface area contributed by atoms with Gasteiger partial charge in [0.25, 0.3) is 0 Å². The maximum absolute atomic E-state index is 10.7. The van der Waals surface area contributed by atoms with Crippen molar-refractivity contribution in [1.29, 1.82) is 0 Å². The summed E-state index contributed by atoms with van der Waals surface area (Å²) in [5.74, 6) is 0. The van der Waals surface area contributed by atoms with Crippen LogP contribution < -0.4 is 122 Å². The van der Waals surface area contributed by atoms with Gasteiger partial charge < -0.3 is 28.7 Å². The van der Waals surface area contributed by atoms with Gasteiger partial charge in [-0.25, -0.2) is 0 Å². The van der Waals surface area contributed by atoms with Crippen LogP contribution in [0.15, 0.2) is 0 Å². The van der Waals surface area contributed by atoms with E-state index >= 15 is 0 Å². The second-order valence-corrected chi connectivity index (χ2v) is 9.09. The molecule has 0 radical (unpaired) electrons. The molecule has 0 N–H and O–H groups in total. The van der Waals surface area contributed by atoms with E-state index in [-0.39, 0.29) is 109 Å². The van der Waals surface area contributed by atoms with Gasteiger partial charge >= 0.3 is 103 Å². The molecule has 0 aromatic heterocycles. The average Bonchev–Trinajstić information content (AvgIpc) is 2.37. The van der Waals surface area contributed by atoms with Crippen LogP contribution in [-0.2, 0) is 9.13 Å². The zero-order chi connectivity index (χ0) is 17.8. The van der Waals surface area contributed by atoms with Gasteiger partial charge in [-0.1, -0.05) is 79.9 Å². The van der Waals surface area contributed by atoms with Crippen molar-refractivity contribution in [2.75, 3.05) is 19.1 Å². The Morgan fingerprint density at radius 1 is 0.640 bits per heavy atom. The summed E-state index contributed by atoms with van der Waals surface area (Å²) in [5.41, 5.74) is 0. The van der Waals surface area contributed by atoms with E-state index in [4.69, 9.17) is 0 Å². The van der Waals surface area contributed by atoms with Gasteiger partial charge in [0.05, 0.1) is 0 Å². The van der Waals surface area contributed by atoms with Gasteiger partial charge in [-0.3, -0.25) is 4.90 Å². The largest absolute Gasteiger partial charge is 1.00 e. The quantitative estimate of drug-likeness (QED) is 0.140. The predicted molar refractivity (Wildman–Crippen MR) is 83.5 cm³/mol. The number of hydrogen-bond acceptors (Lipinski definition) is 7. The van der Waals surface area contributed by atoms with Crippen LogP contribution in [0.2, 0.25) is 0 Å². The summed E-state index contributed by atoms with van der Waals surface area (Å²) in [7, 11) is -9.72. The van der Waals surface area contributed by atoms with Crippen molar-refractivity contribution < 1.29 is 131 Å². The van der Waals surface area contributed by atoms with Gasteiger partial charge in [-0.2, -0.15) is 0 Å². The van der Waals surface area contributed by atoms with Gasteiger partial charge in [0.1, 0.15) is 0 Å². The summed E-state index contributed by atoms with van der Waals surface area (Å²) in [6.07, 6.45) is 9.11. The summed E-state index contributed by atoms with van der Waals surface area (Å²) in [6.45, 7) is 2.32. The molecule has 0 rings (SSSR count). The van der Waals surface area contributed by atoms with Crippen LogP contribution in [0.1, 0.15) is 71.1 Å². The second kappa shape index (κ2) is 19.5. The van der Waals surface area contributed by atoms with E-state index < -0.39 is 27.8 Å². The first-order valence-electron chi connectivity index (χ1n) is 8.38. The molecule has 0 aliphatic rings. The summed E-state index contributed by atoms with van der Waals surface area (Å²) in [6, 6.07) is 0. The van der Waals surface area contributed by atoms with E-state index in [0.717, 1.165) is 24.2 Å². The van der Waals surface area contributed by atoms with E-state index in [2.05, 4.69) is 6.92 Å². The Hall–Kier alpha value is 3.53. The fourth-order valence-electron chi connectivity index (χ4n) is 2.50. The molecular formula is C14H29K2NO6P2-2. The minimum absolute atomic E-state index is 0. The van der Waals surface area contributed by atoms with Gasteiger partial charge in [-0.05, 0) is 13.0 Å². The third-order valence-electron chi connectivity index (χ3n) is 3.57. The molecular weight excluding hydrogens is 418 g/mol. The van der Waals surface area contributed by atoms with Crippen molar-refractivity contribution >= 4 is 15.2 Å². The monoisotopic (exact) mass is 447 g/mol. The first-order chi connectivity index (χ1) is 10.6. The van der Waals surface area contributed by atoms with Crippen molar-refractivity contribution in [3.05, 3.63) is 0 Å². The van der Waals surface area contributed by atoms with E-state index in [1.165, 1.54) is 38.5 Å². The van der Waals surface area contributed by atoms with E-state index in [1.807, 2.05) is 0 Å². The minimum atomic E-state index is -4.86. The molecule has 7 nitrogen and oxygen atoms in total. The Balaban J connectivity index is -0.00000242. The Labute approximate surface area is 237 Å². The zero-order valence-electron chi connectivity index (χ0n) is 16.0. The van der Waals surface area contributed by atoms with E-state index in [1.54, 1.807) is 0 Å². The molecule has 0 aliphatic carbocycles. The van der Waals surface area contributed by atoms with Crippen LogP contribution in [-0.4, -0.2) is 24.0 Å². The standard InChI is InChI=1S/C14H33NO6P2.2K/c1-2-3-4-5-6-7-8-9-10-11-12-15(13-22(16,17)18)14-23(19,20)21;;/h2-14H2,1H3,(H2,16,17,18)(H2,19,20,21);;/q;2*+1/p-4. The molecule has 0 bridgehead atoms. The molecule has 0 spiro atoms. The van der Waals surface area contributed by atoms with Gasteiger partial charge in [0.15, 0.2) is 0 Å². The van der Waals surface area contributed by atoms with Gasteiger partial charge in [-0.15, -0.1) is 0 Å². The summed E-state index contributed by atoms with van der Waals surface area (Å²) in [4.78, 5) is 43.9. The summed E-state index contributed by atoms with van der Waals surface area (Å²) >= 11 is 0. The number of unbranched alkanes of at least 4 members (excludes halogenated alkanes) is 9. The second-order valence-electron chi connectivity index (χ2n) is 6.08. The molecule has 0 aromatic rings. The van der Waals surface area contributed by atoms with Crippen LogP contribution in [0.4, 0.5) is 0 Å². The molecule has 0 saturated carbocycles. The maximum Gasteiger partial charge on any atom is 1.00 e. The third kappa shape index (κ3) is 27.5. The minimum Gasteiger partial charge on any atom is -0.810 e. The van der Waals surface area contributed by atoms with Gasteiger partial charge in [0.2, 0.25) is 0 Å². The van der Waals surface area contributed by atoms with Crippen LogP contribution >= 0.6 is 15.2 Å². The average molecular weight is 448 g/mol. The molecule has 0 aliphatic heterocycles. The van der Waals surface area contributed by atoms with Crippen molar-refractivity contribution in [2.45, 2.75) is 71.1 Å². The van der Waals surface area contributed by atoms with Crippen LogP contribution in [0.3, 0.4) is 0 Å². The molecule has 0 atom stereocenters. The fraction of sp³-hybridized carbons (Fsp3) is 1.00. The van der Waals surface area contributed by atoms with Crippen LogP contribution in [0, 0.1) is 0 Å². The fourth-order valence-corrected chi connectivity index (χ4v) is 4.12. The maximum atomic E-state index is 10.7. The Morgan fingerprint density at radius 2 is 0.960 bits per heavy atom. The van der Waals surface area contributed by atoms with Crippen molar-refractivity contribution in [2.24, 2.45) is 0 Å². The smallest absolute Gasteiger partial charge is 0.810 e. The van der Waals surface area contributed by atoms with Crippen molar-refractivity contribution in [3.8, 4) is 0 Å². The molecule has 0 unspecified atom stereocenters. The molecule has 0 amide bonds. The van der Waals surface area contributed by atoms with E-state index in [0.29, 0.717) is 6.42 Å². The molecule has 0 aromatic carbocycles. The number of hydrogen-bond donors (Lipinski definition) is 0. The van der Waals surface area contributed by atoms with Crippen molar-refractivity contribution in [3.63, 3.8) is 0 Å². The normalized spacial score (nSPS) is 11.9. The predicted octanol–water partition coefficient (Wildman–Crippen LogP) is -5.04. The molecule has 25 heavy (non-hydrogen) atoms. The SMILES string of the molecule is CCCCCCCCCCCCN(CP(=O)([O-])[O-])CP(=O)([O-])[O-].[K+].[K+]. The summed E-state index contributed by atoms with van der Waals surface area (Å²) < 4.78 is 21.5. The van der Waals surface area contributed by atoms with E-state index in [9.17, 15) is 28.7 Å². The first-order valence-corrected chi connectivity index (χ1v) is 11.8. The van der Waals surface area contributed by atoms with Crippen molar-refractivity contribution in [1.82, 2.24) is 4.90 Å². The van der Waals surface area contributed by atoms with Gasteiger partial charge in [0, 0.05) is 12.6 Å². The number of rotatable bonds is 15. The molecule has 0 fully saturated rings. The molecule has 140 valence electrons. The Bertz CT molecular complexity index is 368. The molecule has 11 heteroatoms. The van der Waals surface area contributed by atoms with Crippen LogP contribution in [0.25, 0.3) is 0 Å². The zero-order valence-corrected chi connectivity index (χ0v) is 24.0. The number of nitrogens with zero attached hydrogens (tertiary/aromatic N) is 1. The molecule has 0 heterocycles. The Morgan fingerprint density at radius 3 is 1.28 bits per heavy atom. The third-order valence-corrected chi connectivity index (χ3v) is 5.07. The Kier molecular flexibility index (Phi) is 25.9. The summed E-state index contributed by atoms with van der Waals surface area (Å²) in [5, 5.41) is 0. The topological polar surface area (TPSA) is 130 Å². The molecule has 0 saturated heterocycles.